The van der Waals surface area contributed by atoms with Gasteiger partial charge in [0.25, 0.3) is 11.6 Å². The van der Waals surface area contributed by atoms with Crippen LogP contribution in [0.4, 0.5) is 11.4 Å². The molecule has 8 heteroatoms. The minimum atomic E-state index is -0.464. The molecule has 0 bridgehead atoms. The van der Waals surface area contributed by atoms with E-state index in [0.717, 1.165) is 5.75 Å². The number of nitro groups is 1. The number of nitro benzene ring substituents is 1. The monoisotopic (exact) mass is 409 g/mol. The molecule has 1 aliphatic heterocycles. The van der Waals surface area contributed by atoms with Crippen molar-refractivity contribution in [2.24, 2.45) is 4.99 Å². The van der Waals surface area contributed by atoms with Crippen molar-refractivity contribution >= 4 is 40.3 Å². The molecule has 2 aromatic carbocycles. The molecule has 0 atom stereocenters. The summed E-state index contributed by atoms with van der Waals surface area (Å²) in [7, 11) is 0. The first-order valence-corrected chi connectivity index (χ1v) is 9.71. The molecule has 0 spiro atoms. The molecule has 0 N–H and O–H groups in total. The van der Waals surface area contributed by atoms with Gasteiger partial charge in [0, 0.05) is 18.7 Å². The van der Waals surface area contributed by atoms with Crippen LogP contribution in [0, 0.1) is 10.1 Å². The van der Waals surface area contributed by atoms with Gasteiger partial charge in [-0.3, -0.25) is 19.8 Å². The van der Waals surface area contributed by atoms with Gasteiger partial charge in [0.2, 0.25) is 0 Å². The quantitative estimate of drug-likeness (QED) is 0.284. The van der Waals surface area contributed by atoms with Crippen LogP contribution in [0.25, 0.3) is 6.08 Å². The Kier molecular flexibility index (Phi) is 6.46. The van der Waals surface area contributed by atoms with Crippen LogP contribution < -0.4 is 4.74 Å². The summed E-state index contributed by atoms with van der Waals surface area (Å²) in [5, 5.41) is 11.5. The van der Waals surface area contributed by atoms with Crippen LogP contribution in [-0.2, 0) is 4.79 Å². The lowest BCUT2D eigenvalue weighted by atomic mass is 10.2. The normalized spacial score (nSPS) is 16.4. The van der Waals surface area contributed by atoms with Gasteiger partial charge in [-0.25, -0.2) is 4.99 Å². The van der Waals surface area contributed by atoms with Crippen molar-refractivity contribution in [3.05, 3.63) is 81.8 Å². The summed E-state index contributed by atoms with van der Waals surface area (Å²) >= 11 is 1.22. The Morgan fingerprint density at radius 3 is 2.69 bits per heavy atom. The maximum Gasteiger partial charge on any atom is 0.270 e. The van der Waals surface area contributed by atoms with Crippen molar-refractivity contribution in [3.63, 3.8) is 0 Å². The number of non-ortho nitro benzene ring substituents is 1. The van der Waals surface area contributed by atoms with Crippen LogP contribution in [0.1, 0.15) is 12.5 Å². The molecule has 7 nitrogen and oxygen atoms in total. The van der Waals surface area contributed by atoms with Crippen LogP contribution in [0.15, 0.2) is 71.1 Å². The van der Waals surface area contributed by atoms with Gasteiger partial charge < -0.3 is 4.74 Å². The minimum Gasteiger partial charge on any atom is -0.494 e. The second-order valence-electron chi connectivity index (χ2n) is 5.99. The highest BCUT2D eigenvalue weighted by Gasteiger charge is 2.32. The predicted molar refractivity (Wildman–Crippen MR) is 115 cm³/mol. The molecule has 0 radical (unpaired) electrons. The number of carbonyl (C=O) groups is 1. The van der Waals surface area contributed by atoms with E-state index in [-0.39, 0.29) is 11.6 Å². The molecule has 0 unspecified atom stereocenters. The van der Waals surface area contributed by atoms with E-state index in [2.05, 4.69) is 11.6 Å². The number of amides is 1. The zero-order valence-electron chi connectivity index (χ0n) is 15.8. The number of aliphatic imine (C=N–C) groups is 1. The summed E-state index contributed by atoms with van der Waals surface area (Å²) in [6.45, 7) is 6.51. The number of nitrogens with zero attached hydrogens (tertiary/aromatic N) is 3. The zero-order valence-corrected chi connectivity index (χ0v) is 16.6. The van der Waals surface area contributed by atoms with E-state index in [1.165, 1.54) is 28.8 Å². The van der Waals surface area contributed by atoms with Gasteiger partial charge >= 0.3 is 0 Å². The summed E-state index contributed by atoms with van der Waals surface area (Å²) < 4.78 is 5.43. The van der Waals surface area contributed by atoms with Crippen molar-refractivity contribution in [1.29, 1.82) is 0 Å². The maximum atomic E-state index is 12.8. The van der Waals surface area contributed by atoms with E-state index in [0.29, 0.717) is 34.5 Å². The second-order valence-corrected chi connectivity index (χ2v) is 7.00. The predicted octanol–water partition coefficient (Wildman–Crippen LogP) is 4.78. The smallest absolute Gasteiger partial charge is 0.270 e. The summed E-state index contributed by atoms with van der Waals surface area (Å²) in [5.41, 5.74) is 1.24. The van der Waals surface area contributed by atoms with Crippen molar-refractivity contribution in [3.8, 4) is 5.75 Å². The maximum absolute atomic E-state index is 12.8. The molecule has 0 aliphatic carbocycles. The fraction of sp³-hybridized carbons (Fsp3) is 0.143. The van der Waals surface area contributed by atoms with Gasteiger partial charge in [-0.05, 0) is 54.6 Å². The number of hydrogen-bond acceptors (Lipinski definition) is 6. The average Bonchev–Trinajstić information content (AvgIpc) is 2.99. The van der Waals surface area contributed by atoms with Crippen molar-refractivity contribution < 1.29 is 14.5 Å². The standard InChI is InChI=1S/C21H19N3O4S/c1-3-12-23-20(25)19(14-15-6-5-7-17(13-15)24(26)27)29-21(23)22-16-8-10-18(11-9-16)28-4-2/h3,5-11,13-14H,1,4,12H2,2H3/b19-14-,22-21?. The largest absolute Gasteiger partial charge is 0.494 e. The van der Waals surface area contributed by atoms with E-state index < -0.39 is 4.92 Å². The first-order valence-electron chi connectivity index (χ1n) is 8.90. The average molecular weight is 409 g/mol. The molecule has 1 fully saturated rings. The van der Waals surface area contributed by atoms with Gasteiger partial charge in [-0.15, -0.1) is 6.58 Å². The number of rotatable bonds is 7. The third kappa shape index (κ3) is 4.91. The first-order chi connectivity index (χ1) is 14.0. The van der Waals surface area contributed by atoms with Crippen molar-refractivity contribution in [2.75, 3.05) is 13.2 Å². The molecule has 1 heterocycles. The highest BCUT2D eigenvalue weighted by molar-refractivity contribution is 8.18. The Hall–Kier alpha value is -3.39. The highest BCUT2D eigenvalue weighted by Crippen LogP contribution is 2.34. The Labute approximate surface area is 172 Å². The Bertz CT molecular complexity index is 999. The third-order valence-electron chi connectivity index (χ3n) is 3.95. The lowest BCUT2D eigenvalue weighted by Crippen LogP contribution is -2.29. The Morgan fingerprint density at radius 1 is 1.28 bits per heavy atom. The molecule has 1 saturated heterocycles. The van der Waals surface area contributed by atoms with Gasteiger partial charge in [-0.2, -0.15) is 0 Å². The number of carbonyl (C=O) groups excluding carboxylic acids is 1. The van der Waals surface area contributed by atoms with E-state index in [1.54, 1.807) is 24.3 Å². The van der Waals surface area contributed by atoms with E-state index >= 15 is 0 Å². The Balaban J connectivity index is 1.90. The van der Waals surface area contributed by atoms with Crippen molar-refractivity contribution in [2.45, 2.75) is 6.92 Å². The molecule has 0 saturated carbocycles. The fourth-order valence-electron chi connectivity index (χ4n) is 2.65. The second kappa shape index (κ2) is 9.20. The molecule has 2 aromatic rings. The van der Waals surface area contributed by atoms with Crippen LogP contribution in [0.2, 0.25) is 0 Å². The van der Waals surface area contributed by atoms with Gasteiger partial charge in [0.1, 0.15) is 5.75 Å². The van der Waals surface area contributed by atoms with Crippen LogP contribution >= 0.6 is 11.8 Å². The first kappa shape index (κ1) is 20.3. The molecule has 1 aliphatic rings. The van der Waals surface area contributed by atoms with Crippen LogP contribution in [-0.4, -0.2) is 34.0 Å². The molecule has 0 aromatic heterocycles. The van der Waals surface area contributed by atoms with Gasteiger partial charge in [-0.1, -0.05) is 18.2 Å². The number of thioether (sulfide) groups is 1. The number of benzene rings is 2. The molecule has 1 amide bonds. The summed E-state index contributed by atoms with van der Waals surface area (Å²) in [6, 6.07) is 13.4. The summed E-state index contributed by atoms with van der Waals surface area (Å²) in [4.78, 5) is 29.9. The van der Waals surface area contributed by atoms with Gasteiger partial charge in [0.05, 0.1) is 22.1 Å². The van der Waals surface area contributed by atoms with Crippen molar-refractivity contribution in [1.82, 2.24) is 4.90 Å². The van der Waals surface area contributed by atoms with E-state index in [1.807, 2.05) is 31.2 Å². The topological polar surface area (TPSA) is 85.0 Å². The molecular weight excluding hydrogens is 390 g/mol. The van der Waals surface area contributed by atoms with Crippen LogP contribution in [0.3, 0.4) is 0 Å². The zero-order chi connectivity index (χ0) is 20.8. The third-order valence-corrected chi connectivity index (χ3v) is 4.96. The highest BCUT2D eigenvalue weighted by atomic mass is 32.2. The van der Waals surface area contributed by atoms with E-state index in [9.17, 15) is 14.9 Å². The summed E-state index contributed by atoms with van der Waals surface area (Å²) in [5.74, 6) is 0.534. The lowest BCUT2D eigenvalue weighted by molar-refractivity contribution is -0.384. The van der Waals surface area contributed by atoms with Gasteiger partial charge in [0.15, 0.2) is 5.17 Å². The molecule has 29 heavy (non-hydrogen) atoms. The molecular formula is C21H19N3O4S. The molecule has 3 rings (SSSR count). The number of amidine groups is 1. The number of ether oxygens (including phenoxy) is 1. The number of hydrogen-bond donors (Lipinski definition) is 0. The van der Waals surface area contributed by atoms with E-state index in [4.69, 9.17) is 4.74 Å². The fourth-order valence-corrected chi connectivity index (χ4v) is 3.66. The van der Waals surface area contributed by atoms with Crippen LogP contribution in [0.5, 0.6) is 5.75 Å². The minimum absolute atomic E-state index is 0.0268. The molecule has 148 valence electrons. The Morgan fingerprint density at radius 2 is 2.03 bits per heavy atom. The SMILES string of the molecule is C=CCN1C(=O)/C(=C/c2cccc([N+](=O)[O-])c2)SC1=Nc1ccc(OCC)cc1. The summed E-state index contributed by atoms with van der Waals surface area (Å²) in [6.07, 6.45) is 3.26. The lowest BCUT2D eigenvalue weighted by Gasteiger charge is -2.12.